The molecule has 2 heterocycles. The minimum absolute atomic E-state index is 0.0935. The molecule has 1 aliphatic rings. The van der Waals surface area contributed by atoms with Crippen LogP contribution in [0, 0.1) is 6.92 Å². The summed E-state index contributed by atoms with van der Waals surface area (Å²) in [7, 11) is 0. The molecule has 0 bridgehead atoms. The molecular weight excluding hydrogens is 689 g/mol. The molecule has 0 spiro atoms. The maximum Gasteiger partial charge on any atom is 0.407 e. The number of unbranched alkanes of at least 4 members (excludes halogenated alkanes) is 1. The summed E-state index contributed by atoms with van der Waals surface area (Å²) in [4.78, 5) is 27.8. The lowest BCUT2D eigenvalue weighted by molar-refractivity contribution is -0.145. The molecule has 5 rings (SSSR count). The van der Waals surface area contributed by atoms with Crippen molar-refractivity contribution in [2.24, 2.45) is 0 Å². The van der Waals surface area contributed by atoms with Crippen LogP contribution in [0.4, 0.5) is 13.6 Å². The first-order valence-corrected chi connectivity index (χ1v) is 19.3. The Kier molecular flexibility index (Phi) is 12.7. The number of benzene rings is 3. The number of nitrogens with one attached hydrogen (secondary N) is 2. The molecule has 0 radical (unpaired) electrons. The van der Waals surface area contributed by atoms with Gasteiger partial charge in [0.1, 0.15) is 11.4 Å². The van der Waals surface area contributed by atoms with Crippen molar-refractivity contribution in [3.63, 3.8) is 0 Å². The van der Waals surface area contributed by atoms with E-state index in [1.54, 1.807) is 32.9 Å². The molecular formula is C40H49F2N3O4S2. The van der Waals surface area contributed by atoms with Crippen molar-refractivity contribution in [1.29, 1.82) is 0 Å². The van der Waals surface area contributed by atoms with E-state index in [0.29, 0.717) is 12.8 Å². The van der Waals surface area contributed by atoms with E-state index in [0.717, 1.165) is 67.9 Å². The van der Waals surface area contributed by atoms with Crippen LogP contribution < -0.4 is 14.8 Å². The van der Waals surface area contributed by atoms with Gasteiger partial charge in [0, 0.05) is 29.4 Å². The zero-order chi connectivity index (χ0) is 36.8. The monoisotopic (exact) mass is 737 g/mol. The molecule has 7 nitrogen and oxygen atoms in total. The molecule has 3 aromatic carbocycles. The SMILES string of the molecule is CCCCC(C)Oc1ccc2cc(SNC(C(=O)N3CCC(NC(=O)OC(C)(C)C)CC3)C(F)(F)c3ccc(-c4ccc(C)cc4)cc3)sc2c1. The third kappa shape index (κ3) is 10.5. The van der Waals surface area contributed by atoms with Crippen LogP contribution in [0.3, 0.4) is 0 Å². The minimum Gasteiger partial charge on any atom is -0.491 e. The third-order valence-corrected chi connectivity index (χ3v) is 10.9. The van der Waals surface area contributed by atoms with E-state index in [2.05, 4.69) is 23.9 Å². The molecule has 274 valence electrons. The maximum absolute atomic E-state index is 16.6. The van der Waals surface area contributed by atoms with Gasteiger partial charge in [-0.1, -0.05) is 73.9 Å². The lowest BCUT2D eigenvalue weighted by atomic mass is 9.96. The summed E-state index contributed by atoms with van der Waals surface area (Å²) < 4.78 is 49.3. The van der Waals surface area contributed by atoms with Crippen molar-refractivity contribution < 1.29 is 27.8 Å². The molecule has 1 aromatic heterocycles. The van der Waals surface area contributed by atoms with Crippen LogP contribution in [0.2, 0.25) is 0 Å². The van der Waals surface area contributed by atoms with Gasteiger partial charge in [-0.05, 0) is 107 Å². The van der Waals surface area contributed by atoms with E-state index < -0.39 is 29.6 Å². The Morgan fingerprint density at radius 3 is 2.25 bits per heavy atom. The highest BCUT2D eigenvalue weighted by atomic mass is 32.2. The lowest BCUT2D eigenvalue weighted by Gasteiger charge is -2.36. The van der Waals surface area contributed by atoms with Crippen molar-refractivity contribution in [2.45, 2.75) is 108 Å². The Labute approximate surface area is 308 Å². The van der Waals surface area contributed by atoms with Crippen LogP contribution in [-0.2, 0) is 15.5 Å². The van der Waals surface area contributed by atoms with E-state index >= 15 is 8.78 Å². The second-order valence-corrected chi connectivity index (χ2v) is 16.5. The number of carbonyl (C=O) groups excluding carboxylic acids is 2. The first-order valence-electron chi connectivity index (χ1n) is 17.7. The number of thiophene rings is 1. The number of aryl methyl sites for hydroxylation is 1. The van der Waals surface area contributed by atoms with Crippen molar-refractivity contribution in [3.8, 4) is 16.9 Å². The van der Waals surface area contributed by atoms with Gasteiger partial charge >= 0.3 is 6.09 Å². The number of carbonyl (C=O) groups is 2. The summed E-state index contributed by atoms with van der Waals surface area (Å²) in [5.41, 5.74) is 1.96. The standard InChI is InChI=1S/C40H49F2N3O4S2/c1-7-8-9-27(3)48-33-19-16-30-24-35(50-34(30)25-33)51-44-36(37(46)45-22-20-32(21-23-45)43-38(47)49-39(4,5)6)40(41,42)31-17-14-29(15-18-31)28-12-10-26(2)11-13-28/h10-19,24-25,27,32,36,44H,7-9,20-23H2,1-6H3,(H,43,47). The highest BCUT2D eigenvalue weighted by molar-refractivity contribution is 7.99. The Morgan fingerprint density at radius 1 is 0.980 bits per heavy atom. The minimum atomic E-state index is -3.53. The topological polar surface area (TPSA) is 79.9 Å². The van der Waals surface area contributed by atoms with Crippen LogP contribution in [0.5, 0.6) is 5.75 Å². The van der Waals surface area contributed by atoms with E-state index in [1.807, 2.05) is 55.5 Å². The van der Waals surface area contributed by atoms with E-state index in [1.165, 1.54) is 28.4 Å². The molecule has 2 unspecified atom stereocenters. The normalized spacial score (nSPS) is 15.4. The molecule has 2 atom stereocenters. The Hall–Kier alpha value is -3.67. The molecule has 2 N–H and O–H groups in total. The number of halogens is 2. The molecule has 4 aromatic rings. The van der Waals surface area contributed by atoms with Gasteiger partial charge in [0.2, 0.25) is 5.91 Å². The predicted octanol–water partition coefficient (Wildman–Crippen LogP) is 10.1. The summed E-state index contributed by atoms with van der Waals surface area (Å²) in [6.07, 6.45) is 3.60. The summed E-state index contributed by atoms with van der Waals surface area (Å²) in [6, 6.07) is 19.8. The number of rotatable bonds is 13. The first kappa shape index (κ1) is 38.6. The number of likely N-dealkylation sites (tertiary alicyclic amines) is 1. The number of fused-ring (bicyclic) bond motifs is 1. The zero-order valence-electron chi connectivity index (χ0n) is 30.3. The van der Waals surface area contributed by atoms with E-state index in [-0.39, 0.29) is 30.8 Å². The largest absolute Gasteiger partial charge is 0.491 e. The quantitative estimate of drug-likeness (QED) is 0.133. The fourth-order valence-corrected chi connectivity index (χ4v) is 8.06. The van der Waals surface area contributed by atoms with Gasteiger partial charge in [-0.15, -0.1) is 11.3 Å². The second-order valence-electron chi connectivity index (χ2n) is 14.3. The Balaban J connectivity index is 1.33. The van der Waals surface area contributed by atoms with Crippen LogP contribution in [0.25, 0.3) is 21.2 Å². The summed E-state index contributed by atoms with van der Waals surface area (Å²) in [6.45, 7) is 12.0. The van der Waals surface area contributed by atoms with Crippen LogP contribution in [0.15, 0.2) is 77.0 Å². The molecule has 11 heteroatoms. The van der Waals surface area contributed by atoms with Crippen LogP contribution >= 0.6 is 23.3 Å². The number of hydrogen-bond donors (Lipinski definition) is 2. The van der Waals surface area contributed by atoms with Gasteiger partial charge < -0.3 is 19.7 Å². The lowest BCUT2D eigenvalue weighted by Crippen LogP contribution is -2.56. The molecule has 2 amide bonds. The summed E-state index contributed by atoms with van der Waals surface area (Å²) in [5, 5.41) is 3.82. The van der Waals surface area contributed by atoms with Gasteiger partial charge in [-0.25, -0.2) is 9.52 Å². The summed E-state index contributed by atoms with van der Waals surface area (Å²) in [5.74, 6) is -3.45. The number of amides is 2. The van der Waals surface area contributed by atoms with Crippen LogP contribution in [-0.4, -0.2) is 53.8 Å². The van der Waals surface area contributed by atoms with Crippen molar-refractivity contribution in [3.05, 3.63) is 83.9 Å². The van der Waals surface area contributed by atoms with Crippen molar-refractivity contribution in [2.75, 3.05) is 13.1 Å². The number of alkyl halides is 2. The van der Waals surface area contributed by atoms with Gasteiger partial charge in [-0.3, -0.25) is 4.79 Å². The molecule has 1 aliphatic heterocycles. The van der Waals surface area contributed by atoms with Crippen molar-refractivity contribution in [1.82, 2.24) is 14.9 Å². The first-order chi connectivity index (χ1) is 24.2. The molecule has 1 fully saturated rings. The summed E-state index contributed by atoms with van der Waals surface area (Å²) >= 11 is 2.50. The number of ether oxygens (including phenoxy) is 2. The van der Waals surface area contributed by atoms with Gasteiger partial charge in [-0.2, -0.15) is 8.78 Å². The van der Waals surface area contributed by atoms with Gasteiger partial charge in [0.05, 0.1) is 10.3 Å². The molecule has 0 aliphatic carbocycles. The molecule has 51 heavy (non-hydrogen) atoms. The number of alkyl carbamates (subject to hydrolysis) is 1. The highest BCUT2D eigenvalue weighted by Gasteiger charge is 2.48. The van der Waals surface area contributed by atoms with Crippen molar-refractivity contribution >= 4 is 45.4 Å². The highest BCUT2D eigenvalue weighted by Crippen LogP contribution is 2.39. The number of nitrogens with zero attached hydrogens (tertiary/aromatic N) is 1. The van der Waals surface area contributed by atoms with E-state index in [9.17, 15) is 9.59 Å². The smallest absolute Gasteiger partial charge is 0.407 e. The maximum atomic E-state index is 16.6. The second kappa shape index (κ2) is 16.8. The fourth-order valence-electron chi connectivity index (χ4n) is 5.99. The van der Waals surface area contributed by atoms with Crippen LogP contribution in [0.1, 0.15) is 77.8 Å². The molecule has 0 saturated carbocycles. The fraction of sp³-hybridized carbons (Fsp3) is 0.450. The molecule has 1 saturated heterocycles. The third-order valence-electron chi connectivity index (χ3n) is 8.84. The number of piperidine rings is 1. The van der Waals surface area contributed by atoms with E-state index in [4.69, 9.17) is 9.47 Å². The van der Waals surface area contributed by atoms with Gasteiger partial charge in [0.25, 0.3) is 5.92 Å². The Morgan fingerprint density at radius 2 is 1.63 bits per heavy atom. The number of hydrogen-bond acceptors (Lipinski definition) is 7. The Bertz CT molecular complexity index is 1770. The average molecular weight is 738 g/mol. The average Bonchev–Trinajstić information content (AvgIpc) is 3.49. The predicted molar refractivity (Wildman–Crippen MR) is 204 cm³/mol. The zero-order valence-corrected chi connectivity index (χ0v) is 31.9. The van der Waals surface area contributed by atoms with Gasteiger partial charge in [0.15, 0.2) is 6.04 Å².